The molecule has 1 fully saturated rings. The minimum atomic E-state index is -0.138. The lowest BCUT2D eigenvalue weighted by Gasteiger charge is -2.37. The molecule has 0 aromatic heterocycles. The van der Waals surface area contributed by atoms with Crippen LogP contribution in [0.1, 0.15) is 12.5 Å². The maximum Gasteiger partial charge on any atom is 0.241 e. The maximum absolute atomic E-state index is 12.4. The number of rotatable bonds is 5. The number of nitrogens with one attached hydrogen (secondary N) is 1. The third kappa shape index (κ3) is 4.27. The molecule has 1 aliphatic heterocycles. The molecule has 1 aromatic carbocycles. The van der Waals surface area contributed by atoms with Crippen LogP contribution in [-0.2, 0) is 4.79 Å². The molecule has 0 saturated carbocycles. The average Bonchev–Trinajstić information content (AvgIpc) is 2.50. The molecular formula is C16H25N3O2. The Morgan fingerprint density at radius 2 is 1.95 bits per heavy atom. The summed E-state index contributed by atoms with van der Waals surface area (Å²) in [6, 6.07) is 7.68. The Balaban J connectivity index is 1.87. The first-order chi connectivity index (χ1) is 10.1. The first kappa shape index (κ1) is 15.9. The summed E-state index contributed by atoms with van der Waals surface area (Å²) in [6.07, 6.45) is 0. The van der Waals surface area contributed by atoms with E-state index >= 15 is 0 Å². The van der Waals surface area contributed by atoms with Gasteiger partial charge >= 0.3 is 0 Å². The molecule has 0 bridgehead atoms. The van der Waals surface area contributed by atoms with Gasteiger partial charge in [-0.1, -0.05) is 18.2 Å². The SMILES string of the molecule is Cc1ccccc1NC(=O)C(C)N1CCN(CCO)CC1. The van der Waals surface area contributed by atoms with Crippen molar-refractivity contribution in [2.75, 3.05) is 44.6 Å². The number of aliphatic hydroxyl groups excluding tert-OH is 1. The first-order valence-corrected chi connectivity index (χ1v) is 7.55. The van der Waals surface area contributed by atoms with Crippen molar-refractivity contribution in [3.05, 3.63) is 29.8 Å². The van der Waals surface area contributed by atoms with Gasteiger partial charge in [-0.3, -0.25) is 14.6 Å². The van der Waals surface area contributed by atoms with Crippen LogP contribution in [0.25, 0.3) is 0 Å². The number of benzene rings is 1. The highest BCUT2D eigenvalue weighted by Crippen LogP contribution is 2.15. The average molecular weight is 291 g/mol. The van der Waals surface area contributed by atoms with Crippen LogP contribution >= 0.6 is 0 Å². The second-order valence-electron chi connectivity index (χ2n) is 5.58. The molecule has 1 amide bonds. The number of hydrogen-bond donors (Lipinski definition) is 2. The second-order valence-corrected chi connectivity index (χ2v) is 5.58. The number of nitrogens with zero attached hydrogens (tertiary/aromatic N) is 2. The number of para-hydroxylation sites is 1. The minimum absolute atomic E-state index is 0.0416. The molecule has 1 atom stereocenters. The maximum atomic E-state index is 12.4. The van der Waals surface area contributed by atoms with Crippen LogP contribution in [0.4, 0.5) is 5.69 Å². The van der Waals surface area contributed by atoms with Gasteiger partial charge in [-0.25, -0.2) is 0 Å². The fraction of sp³-hybridized carbons (Fsp3) is 0.562. The van der Waals surface area contributed by atoms with Crippen LogP contribution in [0.5, 0.6) is 0 Å². The van der Waals surface area contributed by atoms with Crippen LogP contribution < -0.4 is 5.32 Å². The molecule has 21 heavy (non-hydrogen) atoms. The molecule has 1 saturated heterocycles. The van der Waals surface area contributed by atoms with Crippen LogP contribution in [-0.4, -0.2) is 66.2 Å². The van der Waals surface area contributed by atoms with Crippen molar-refractivity contribution in [2.45, 2.75) is 19.9 Å². The molecule has 116 valence electrons. The van der Waals surface area contributed by atoms with Gasteiger partial charge in [0.05, 0.1) is 12.6 Å². The summed E-state index contributed by atoms with van der Waals surface area (Å²) in [6.45, 7) is 8.40. The second kappa shape index (κ2) is 7.54. The number of β-amino-alcohol motifs (C(OH)–C–C–N with tert-alkyl or cyclic N) is 1. The number of carbonyl (C=O) groups excluding carboxylic acids is 1. The molecule has 1 unspecified atom stereocenters. The van der Waals surface area contributed by atoms with E-state index in [-0.39, 0.29) is 18.6 Å². The summed E-state index contributed by atoms with van der Waals surface area (Å²) in [7, 11) is 0. The van der Waals surface area contributed by atoms with Gasteiger partial charge in [-0.2, -0.15) is 0 Å². The van der Waals surface area contributed by atoms with E-state index in [1.807, 2.05) is 38.1 Å². The quantitative estimate of drug-likeness (QED) is 0.847. The zero-order valence-electron chi connectivity index (χ0n) is 12.9. The molecule has 0 spiro atoms. The molecule has 1 aliphatic rings. The molecule has 5 nitrogen and oxygen atoms in total. The van der Waals surface area contributed by atoms with Gasteiger partial charge in [-0.05, 0) is 25.5 Å². The van der Waals surface area contributed by atoms with Crippen molar-refractivity contribution < 1.29 is 9.90 Å². The van der Waals surface area contributed by atoms with Crippen molar-refractivity contribution in [3.8, 4) is 0 Å². The van der Waals surface area contributed by atoms with Gasteiger partial charge in [-0.15, -0.1) is 0 Å². The number of piperazine rings is 1. The predicted octanol–water partition coefficient (Wildman–Crippen LogP) is 0.932. The van der Waals surface area contributed by atoms with Gasteiger partial charge in [0, 0.05) is 38.4 Å². The molecule has 2 N–H and O–H groups in total. The highest BCUT2D eigenvalue weighted by Gasteiger charge is 2.25. The normalized spacial score (nSPS) is 18.4. The van der Waals surface area contributed by atoms with Crippen molar-refractivity contribution in [2.24, 2.45) is 0 Å². The number of aliphatic hydroxyl groups is 1. The predicted molar refractivity (Wildman–Crippen MR) is 84.4 cm³/mol. The Morgan fingerprint density at radius 3 is 2.57 bits per heavy atom. The highest BCUT2D eigenvalue weighted by molar-refractivity contribution is 5.95. The summed E-state index contributed by atoms with van der Waals surface area (Å²) in [5.41, 5.74) is 1.96. The molecule has 0 radical (unpaired) electrons. The Labute approximate surface area is 126 Å². The van der Waals surface area contributed by atoms with E-state index in [0.29, 0.717) is 0 Å². The number of amides is 1. The summed E-state index contributed by atoms with van der Waals surface area (Å²) in [5.74, 6) is 0.0416. The van der Waals surface area contributed by atoms with Crippen molar-refractivity contribution in [3.63, 3.8) is 0 Å². The van der Waals surface area contributed by atoms with Gasteiger partial charge in [0.25, 0.3) is 0 Å². The van der Waals surface area contributed by atoms with Gasteiger partial charge in [0.2, 0.25) is 5.91 Å². The lowest BCUT2D eigenvalue weighted by molar-refractivity contribution is -0.121. The van der Waals surface area contributed by atoms with E-state index in [1.165, 1.54) is 0 Å². The van der Waals surface area contributed by atoms with E-state index in [9.17, 15) is 4.79 Å². The Morgan fingerprint density at radius 1 is 1.29 bits per heavy atom. The van der Waals surface area contributed by atoms with Crippen LogP contribution in [0, 0.1) is 6.92 Å². The third-order valence-corrected chi connectivity index (χ3v) is 4.15. The number of hydrogen-bond acceptors (Lipinski definition) is 4. The zero-order chi connectivity index (χ0) is 15.2. The number of aryl methyl sites for hydroxylation is 1. The van der Waals surface area contributed by atoms with Gasteiger partial charge in [0.15, 0.2) is 0 Å². The van der Waals surface area contributed by atoms with Crippen molar-refractivity contribution >= 4 is 11.6 Å². The van der Waals surface area contributed by atoms with Crippen molar-refractivity contribution in [1.29, 1.82) is 0 Å². The highest BCUT2D eigenvalue weighted by atomic mass is 16.3. The number of anilines is 1. The lowest BCUT2D eigenvalue weighted by Crippen LogP contribution is -2.53. The fourth-order valence-electron chi connectivity index (χ4n) is 2.63. The van der Waals surface area contributed by atoms with E-state index in [4.69, 9.17) is 5.11 Å². The summed E-state index contributed by atoms with van der Waals surface area (Å²) >= 11 is 0. The molecule has 1 heterocycles. The third-order valence-electron chi connectivity index (χ3n) is 4.15. The Kier molecular flexibility index (Phi) is 5.73. The van der Waals surface area contributed by atoms with Gasteiger partial charge < -0.3 is 10.4 Å². The summed E-state index contributed by atoms with van der Waals surface area (Å²) in [4.78, 5) is 16.8. The van der Waals surface area contributed by atoms with Crippen LogP contribution in [0.3, 0.4) is 0 Å². The molecule has 2 rings (SSSR count). The van der Waals surface area contributed by atoms with Crippen molar-refractivity contribution in [1.82, 2.24) is 9.80 Å². The molecule has 5 heteroatoms. The van der Waals surface area contributed by atoms with Crippen LogP contribution in [0.2, 0.25) is 0 Å². The van der Waals surface area contributed by atoms with E-state index in [2.05, 4.69) is 15.1 Å². The largest absolute Gasteiger partial charge is 0.395 e. The minimum Gasteiger partial charge on any atom is -0.395 e. The van der Waals surface area contributed by atoms with E-state index in [0.717, 1.165) is 44.0 Å². The Hall–Kier alpha value is -1.43. The standard InChI is InChI=1S/C16H25N3O2/c1-13-5-3-4-6-15(13)17-16(21)14(2)19-9-7-18(8-10-19)11-12-20/h3-6,14,20H,7-12H2,1-2H3,(H,17,21). The van der Waals surface area contributed by atoms with Gasteiger partial charge in [0.1, 0.15) is 0 Å². The smallest absolute Gasteiger partial charge is 0.241 e. The van der Waals surface area contributed by atoms with Crippen LogP contribution in [0.15, 0.2) is 24.3 Å². The summed E-state index contributed by atoms with van der Waals surface area (Å²) < 4.78 is 0. The monoisotopic (exact) mass is 291 g/mol. The lowest BCUT2D eigenvalue weighted by atomic mass is 10.1. The zero-order valence-corrected chi connectivity index (χ0v) is 12.9. The fourth-order valence-corrected chi connectivity index (χ4v) is 2.63. The number of carbonyl (C=O) groups is 1. The molecule has 1 aromatic rings. The molecular weight excluding hydrogens is 266 g/mol. The first-order valence-electron chi connectivity index (χ1n) is 7.55. The van der Waals surface area contributed by atoms with E-state index in [1.54, 1.807) is 0 Å². The topological polar surface area (TPSA) is 55.8 Å². The Bertz CT molecular complexity index is 470. The molecule has 0 aliphatic carbocycles. The van der Waals surface area contributed by atoms with E-state index < -0.39 is 0 Å². The summed E-state index contributed by atoms with van der Waals surface area (Å²) in [5, 5.41) is 12.0.